The quantitative estimate of drug-likeness (QED) is 0.389. The molecule has 0 saturated heterocycles. The molecule has 1 aromatic rings. The molecule has 0 saturated carbocycles. The number of nitrogens with two attached hydrogens (primary N) is 1. The standard InChI is InChI=1S/C16H26FN3O5S2/c1-14(2,3)26(23)19-16(6,10-27(24,25)15(4,5)18)12-9-11(20(21)22)7-8-13(12)17/h7-9,19H,10,18H2,1-6H3/t16-,26+/m0/s1. The van der Waals surface area contributed by atoms with Crippen LogP contribution in [-0.4, -0.2) is 33.3 Å². The molecule has 154 valence electrons. The lowest BCUT2D eigenvalue weighted by atomic mass is 9.94. The van der Waals surface area contributed by atoms with Crippen molar-refractivity contribution in [2.24, 2.45) is 5.73 Å². The number of nitrogens with one attached hydrogen (secondary N) is 1. The number of nitrogens with zero attached hydrogens (tertiary/aromatic N) is 1. The van der Waals surface area contributed by atoms with E-state index in [9.17, 15) is 27.5 Å². The number of nitro groups is 1. The van der Waals surface area contributed by atoms with Crippen LogP contribution in [0.25, 0.3) is 0 Å². The van der Waals surface area contributed by atoms with Gasteiger partial charge in [-0.25, -0.2) is 12.8 Å². The number of nitro benzene ring substituents is 1. The van der Waals surface area contributed by atoms with Gasteiger partial charge >= 0.3 is 0 Å². The summed E-state index contributed by atoms with van der Waals surface area (Å²) >= 11 is -1.79. The van der Waals surface area contributed by atoms with Crippen molar-refractivity contribution in [1.82, 2.24) is 4.72 Å². The van der Waals surface area contributed by atoms with Crippen molar-refractivity contribution < 1.29 is 22.3 Å². The summed E-state index contributed by atoms with van der Waals surface area (Å²) in [7, 11) is -4.00. The zero-order chi connectivity index (χ0) is 21.4. The van der Waals surface area contributed by atoms with E-state index in [0.29, 0.717) is 0 Å². The first-order chi connectivity index (χ1) is 11.9. The van der Waals surface area contributed by atoms with Crippen molar-refractivity contribution in [1.29, 1.82) is 0 Å². The molecular weight excluding hydrogens is 397 g/mol. The van der Waals surface area contributed by atoms with E-state index < -0.39 is 58.5 Å². The van der Waals surface area contributed by atoms with Crippen LogP contribution in [0.15, 0.2) is 18.2 Å². The summed E-state index contributed by atoms with van der Waals surface area (Å²) in [6.45, 7) is 8.87. The zero-order valence-corrected chi connectivity index (χ0v) is 17.8. The van der Waals surface area contributed by atoms with Crippen LogP contribution in [0.3, 0.4) is 0 Å². The topological polar surface area (TPSA) is 138 Å². The second kappa shape index (κ2) is 7.63. The number of hydrogen-bond acceptors (Lipinski definition) is 7. The maximum Gasteiger partial charge on any atom is 0.269 e. The van der Waals surface area contributed by atoms with Gasteiger partial charge in [0.15, 0.2) is 9.84 Å². The lowest BCUT2D eigenvalue weighted by Gasteiger charge is -2.36. The Morgan fingerprint density at radius 3 is 2.15 bits per heavy atom. The van der Waals surface area contributed by atoms with Gasteiger partial charge in [-0.3, -0.25) is 10.1 Å². The molecule has 1 rings (SSSR count). The Balaban J connectivity index is 3.60. The smallest absolute Gasteiger partial charge is 0.269 e. The van der Waals surface area contributed by atoms with Gasteiger partial charge in [0.2, 0.25) is 0 Å². The number of halogens is 1. The Kier molecular flexibility index (Phi) is 6.71. The van der Waals surface area contributed by atoms with Crippen LogP contribution in [0.5, 0.6) is 0 Å². The molecule has 0 aliphatic carbocycles. The van der Waals surface area contributed by atoms with Crippen LogP contribution in [0.2, 0.25) is 0 Å². The molecule has 2 atom stereocenters. The highest BCUT2D eigenvalue weighted by Gasteiger charge is 2.45. The minimum absolute atomic E-state index is 0.276. The molecule has 0 bridgehead atoms. The van der Waals surface area contributed by atoms with Crippen LogP contribution in [0.1, 0.15) is 47.1 Å². The fourth-order valence-electron chi connectivity index (χ4n) is 2.14. The summed E-state index contributed by atoms with van der Waals surface area (Å²) in [6, 6.07) is 2.80. The number of non-ortho nitro benzene ring substituents is 1. The third-order valence-corrected chi connectivity index (χ3v) is 8.22. The first-order valence-corrected chi connectivity index (χ1v) is 10.9. The van der Waals surface area contributed by atoms with E-state index in [1.54, 1.807) is 20.8 Å². The first-order valence-electron chi connectivity index (χ1n) is 8.06. The summed E-state index contributed by atoms with van der Waals surface area (Å²) in [5.41, 5.74) is 3.33. The van der Waals surface area contributed by atoms with Gasteiger partial charge in [-0.05, 0) is 47.6 Å². The highest BCUT2D eigenvalue weighted by Crippen LogP contribution is 2.33. The zero-order valence-electron chi connectivity index (χ0n) is 16.2. The van der Waals surface area contributed by atoms with Gasteiger partial charge in [-0.15, -0.1) is 4.72 Å². The molecule has 11 heteroatoms. The fourth-order valence-corrected chi connectivity index (χ4v) is 4.48. The molecule has 0 aliphatic rings. The van der Waals surface area contributed by atoms with Gasteiger partial charge in [0.05, 0.1) is 10.7 Å². The summed E-state index contributed by atoms with van der Waals surface area (Å²) in [4.78, 5) is 8.72. The maximum atomic E-state index is 14.6. The summed E-state index contributed by atoms with van der Waals surface area (Å²) < 4.78 is 54.4. The molecule has 8 nitrogen and oxygen atoms in total. The fraction of sp³-hybridized carbons (Fsp3) is 0.625. The van der Waals surface area contributed by atoms with E-state index in [1.165, 1.54) is 20.8 Å². The van der Waals surface area contributed by atoms with Crippen LogP contribution >= 0.6 is 0 Å². The second-order valence-corrected chi connectivity index (χ2v) is 12.6. The normalized spacial score (nSPS) is 16.6. The molecule has 0 radical (unpaired) electrons. The van der Waals surface area contributed by atoms with Crippen molar-refractivity contribution in [3.05, 3.63) is 39.7 Å². The van der Waals surface area contributed by atoms with Gasteiger partial charge in [-0.1, -0.05) is 0 Å². The average Bonchev–Trinajstić information content (AvgIpc) is 2.44. The molecular formula is C16H26FN3O5S2. The lowest BCUT2D eigenvalue weighted by Crippen LogP contribution is -2.56. The molecule has 0 heterocycles. The van der Waals surface area contributed by atoms with Crippen LogP contribution < -0.4 is 10.5 Å². The van der Waals surface area contributed by atoms with E-state index in [0.717, 1.165) is 18.2 Å². The monoisotopic (exact) mass is 423 g/mol. The Morgan fingerprint density at radius 1 is 1.22 bits per heavy atom. The number of hydrogen-bond donors (Lipinski definition) is 2. The number of sulfone groups is 1. The van der Waals surface area contributed by atoms with E-state index in [4.69, 9.17) is 5.73 Å². The van der Waals surface area contributed by atoms with Gasteiger partial charge in [-0.2, -0.15) is 0 Å². The van der Waals surface area contributed by atoms with Crippen LogP contribution in [0.4, 0.5) is 10.1 Å². The Labute approximate surface area is 162 Å². The van der Waals surface area contributed by atoms with E-state index in [-0.39, 0.29) is 5.56 Å². The second-order valence-electron chi connectivity index (χ2n) is 8.10. The van der Waals surface area contributed by atoms with Crippen molar-refractivity contribution in [2.75, 3.05) is 5.75 Å². The Morgan fingerprint density at radius 2 is 1.74 bits per heavy atom. The Hall–Kier alpha value is -1.27. The van der Waals surface area contributed by atoms with Gasteiger partial charge in [0.1, 0.15) is 21.0 Å². The maximum absolute atomic E-state index is 14.6. The predicted molar refractivity (Wildman–Crippen MR) is 103 cm³/mol. The third-order valence-electron chi connectivity index (χ3n) is 3.91. The summed E-state index contributed by atoms with van der Waals surface area (Å²) in [5, 5.41) is 11.1. The molecule has 0 fully saturated rings. The molecule has 27 heavy (non-hydrogen) atoms. The minimum atomic E-state index is -4.00. The largest absolute Gasteiger partial charge is 0.598 e. The molecule has 0 amide bonds. The van der Waals surface area contributed by atoms with Gasteiger partial charge < -0.3 is 10.3 Å². The number of rotatable bonds is 7. The molecule has 1 aromatic carbocycles. The van der Waals surface area contributed by atoms with E-state index in [2.05, 4.69) is 4.72 Å². The van der Waals surface area contributed by atoms with Crippen molar-refractivity contribution >= 4 is 26.9 Å². The van der Waals surface area contributed by atoms with Crippen LogP contribution in [-0.2, 0) is 26.7 Å². The van der Waals surface area contributed by atoms with Crippen molar-refractivity contribution in [2.45, 2.75) is 56.7 Å². The first kappa shape index (κ1) is 23.8. The SMILES string of the molecule is CC(C)(C)[S@@+]([O-])N[C@@](C)(CS(=O)(=O)C(C)(C)N)c1cc([N+](=O)[O-])ccc1F. The minimum Gasteiger partial charge on any atom is -0.598 e. The van der Waals surface area contributed by atoms with Crippen molar-refractivity contribution in [3.63, 3.8) is 0 Å². The van der Waals surface area contributed by atoms with Crippen LogP contribution in [0, 0.1) is 15.9 Å². The molecule has 0 aliphatic heterocycles. The lowest BCUT2D eigenvalue weighted by molar-refractivity contribution is -0.385. The van der Waals surface area contributed by atoms with Gasteiger partial charge in [0.25, 0.3) is 5.69 Å². The molecule has 0 unspecified atom stereocenters. The van der Waals surface area contributed by atoms with Crippen molar-refractivity contribution in [3.8, 4) is 0 Å². The third kappa shape index (κ3) is 5.61. The average molecular weight is 424 g/mol. The highest BCUT2D eigenvalue weighted by atomic mass is 32.2. The molecule has 0 aromatic heterocycles. The molecule has 0 spiro atoms. The summed E-state index contributed by atoms with van der Waals surface area (Å²) in [6.07, 6.45) is 0. The Bertz CT molecular complexity index is 818. The molecule has 3 N–H and O–H groups in total. The van der Waals surface area contributed by atoms with E-state index in [1.807, 2.05) is 0 Å². The van der Waals surface area contributed by atoms with Gasteiger partial charge in [0, 0.05) is 29.1 Å². The summed E-state index contributed by atoms with van der Waals surface area (Å²) in [5.74, 6) is -1.56. The number of benzene rings is 1. The highest BCUT2D eigenvalue weighted by molar-refractivity contribution is 7.93. The van der Waals surface area contributed by atoms with E-state index >= 15 is 0 Å². The predicted octanol–water partition coefficient (Wildman–Crippen LogP) is 2.11.